The van der Waals surface area contributed by atoms with Crippen molar-refractivity contribution in [3.8, 4) is 0 Å². The summed E-state index contributed by atoms with van der Waals surface area (Å²) < 4.78 is 0. The van der Waals surface area contributed by atoms with Gasteiger partial charge >= 0.3 is 0 Å². The molecule has 144 valence electrons. The molecule has 0 aromatic heterocycles. The smallest absolute Gasteiger partial charge is 0.0431 e. The van der Waals surface area contributed by atoms with Crippen molar-refractivity contribution >= 4 is 0 Å². The standard InChI is InChI=1S/C24H42O/c1-17(7-6-16-25)20-11-12-21-19-10-9-18-8-4-5-14-23(18,2)22(19)13-15-24(20,21)3/h17-22,25H,4-16H2,1-3H3/t17-,18-,19-,20+,21+,22-,23+,24-/m1/s1. The molecule has 1 N–H and O–H groups in total. The van der Waals surface area contributed by atoms with Crippen LogP contribution >= 0.6 is 0 Å². The molecule has 0 amide bonds. The predicted molar refractivity (Wildman–Crippen MR) is 105 cm³/mol. The Morgan fingerprint density at radius 1 is 0.880 bits per heavy atom. The van der Waals surface area contributed by atoms with Crippen LogP contribution in [0.25, 0.3) is 0 Å². The molecular formula is C24H42O. The van der Waals surface area contributed by atoms with Crippen LogP contribution in [-0.2, 0) is 0 Å². The number of fused-ring (bicyclic) bond motifs is 5. The van der Waals surface area contributed by atoms with Crippen molar-refractivity contribution in [2.75, 3.05) is 6.61 Å². The maximum absolute atomic E-state index is 9.25. The van der Waals surface area contributed by atoms with Gasteiger partial charge in [-0.2, -0.15) is 0 Å². The van der Waals surface area contributed by atoms with E-state index >= 15 is 0 Å². The number of hydrogen-bond acceptors (Lipinski definition) is 1. The van der Waals surface area contributed by atoms with Crippen molar-refractivity contribution < 1.29 is 5.11 Å². The maximum Gasteiger partial charge on any atom is 0.0431 e. The first kappa shape index (κ1) is 18.3. The molecule has 0 aromatic rings. The zero-order valence-electron chi connectivity index (χ0n) is 17.1. The Labute approximate surface area is 156 Å². The summed E-state index contributed by atoms with van der Waals surface area (Å²) in [5.41, 5.74) is 1.29. The maximum atomic E-state index is 9.25. The highest BCUT2D eigenvalue weighted by atomic mass is 16.2. The Kier molecular flexibility index (Phi) is 5.02. The first-order valence-electron chi connectivity index (χ1n) is 11.6. The van der Waals surface area contributed by atoms with Gasteiger partial charge in [0.2, 0.25) is 0 Å². The van der Waals surface area contributed by atoms with E-state index in [0.29, 0.717) is 17.4 Å². The van der Waals surface area contributed by atoms with E-state index in [1.165, 1.54) is 64.2 Å². The molecule has 0 radical (unpaired) electrons. The number of hydrogen-bond donors (Lipinski definition) is 1. The van der Waals surface area contributed by atoms with Crippen LogP contribution in [0.5, 0.6) is 0 Å². The predicted octanol–water partition coefficient (Wildman–Crippen LogP) is 6.44. The van der Waals surface area contributed by atoms with Gasteiger partial charge < -0.3 is 5.11 Å². The summed E-state index contributed by atoms with van der Waals surface area (Å²) >= 11 is 0. The first-order chi connectivity index (χ1) is 12.0. The Bertz CT molecular complexity index is 473. The Hall–Kier alpha value is -0.0400. The van der Waals surface area contributed by atoms with E-state index in [4.69, 9.17) is 0 Å². The number of aliphatic hydroxyl groups excluding tert-OH is 1. The molecule has 0 aliphatic heterocycles. The average Bonchev–Trinajstić information content (AvgIpc) is 2.96. The lowest BCUT2D eigenvalue weighted by molar-refractivity contribution is -0.114. The zero-order chi connectivity index (χ0) is 17.7. The molecule has 0 spiro atoms. The quantitative estimate of drug-likeness (QED) is 0.620. The molecule has 1 nitrogen and oxygen atoms in total. The topological polar surface area (TPSA) is 20.2 Å². The second-order valence-corrected chi connectivity index (χ2v) is 11.0. The van der Waals surface area contributed by atoms with Crippen LogP contribution < -0.4 is 0 Å². The van der Waals surface area contributed by atoms with E-state index < -0.39 is 0 Å². The molecule has 4 aliphatic carbocycles. The van der Waals surface area contributed by atoms with E-state index in [2.05, 4.69) is 20.8 Å². The number of aliphatic hydroxyl groups is 1. The lowest BCUT2D eigenvalue weighted by Crippen LogP contribution is -2.53. The third-order valence-electron chi connectivity index (χ3n) is 10.2. The van der Waals surface area contributed by atoms with Gasteiger partial charge in [-0.25, -0.2) is 0 Å². The summed E-state index contributed by atoms with van der Waals surface area (Å²) in [5, 5.41) is 9.25. The fourth-order valence-electron chi connectivity index (χ4n) is 8.88. The van der Waals surface area contributed by atoms with Gasteiger partial charge in [-0.3, -0.25) is 0 Å². The molecule has 0 heterocycles. The Balaban J connectivity index is 1.53. The van der Waals surface area contributed by atoms with Gasteiger partial charge in [0.1, 0.15) is 0 Å². The molecule has 0 bridgehead atoms. The summed E-state index contributed by atoms with van der Waals surface area (Å²) in [6.45, 7) is 8.24. The summed E-state index contributed by atoms with van der Waals surface area (Å²) in [6.07, 6.45) is 17.4. The molecule has 0 aromatic carbocycles. The molecular weight excluding hydrogens is 304 g/mol. The largest absolute Gasteiger partial charge is 0.396 e. The van der Waals surface area contributed by atoms with Gasteiger partial charge in [-0.15, -0.1) is 0 Å². The van der Waals surface area contributed by atoms with Gasteiger partial charge in [0.15, 0.2) is 0 Å². The third-order valence-corrected chi connectivity index (χ3v) is 10.2. The van der Waals surface area contributed by atoms with Crippen LogP contribution in [0.1, 0.15) is 97.8 Å². The Morgan fingerprint density at radius 2 is 1.68 bits per heavy atom. The summed E-state index contributed by atoms with van der Waals surface area (Å²) in [5.74, 6) is 5.85. The highest BCUT2D eigenvalue weighted by Crippen LogP contribution is 2.68. The van der Waals surface area contributed by atoms with Gasteiger partial charge in [0.05, 0.1) is 0 Å². The van der Waals surface area contributed by atoms with E-state index in [1.54, 1.807) is 6.42 Å². The van der Waals surface area contributed by atoms with Crippen molar-refractivity contribution in [2.24, 2.45) is 46.3 Å². The second-order valence-electron chi connectivity index (χ2n) is 11.0. The van der Waals surface area contributed by atoms with E-state index in [0.717, 1.165) is 41.9 Å². The molecule has 4 aliphatic rings. The van der Waals surface area contributed by atoms with E-state index in [9.17, 15) is 5.11 Å². The molecule has 4 fully saturated rings. The van der Waals surface area contributed by atoms with Gasteiger partial charge in [0.25, 0.3) is 0 Å². The normalized spacial score (nSPS) is 50.6. The van der Waals surface area contributed by atoms with Crippen molar-refractivity contribution in [3.63, 3.8) is 0 Å². The number of rotatable bonds is 4. The Morgan fingerprint density at radius 3 is 2.48 bits per heavy atom. The van der Waals surface area contributed by atoms with Crippen LogP contribution in [0.15, 0.2) is 0 Å². The molecule has 25 heavy (non-hydrogen) atoms. The van der Waals surface area contributed by atoms with Crippen LogP contribution in [0, 0.1) is 46.3 Å². The third kappa shape index (κ3) is 2.82. The van der Waals surface area contributed by atoms with Gasteiger partial charge in [0, 0.05) is 6.61 Å². The fraction of sp³-hybridized carbons (Fsp3) is 1.00. The monoisotopic (exact) mass is 346 g/mol. The molecule has 8 atom stereocenters. The minimum atomic E-state index is 0.377. The highest BCUT2D eigenvalue weighted by molar-refractivity contribution is 5.09. The van der Waals surface area contributed by atoms with Crippen LogP contribution in [0.2, 0.25) is 0 Å². The first-order valence-corrected chi connectivity index (χ1v) is 11.6. The summed E-state index contributed by atoms with van der Waals surface area (Å²) in [6, 6.07) is 0. The minimum Gasteiger partial charge on any atom is -0.396 e. The molecule has 4 saturated carbocycles. The minimum absolute atomic E-state index is 0.377. The summed E-state index contributed by atoms with van der Waals surface area (Å²) in [4.78, 5) is 0. The van der Waals surface area contributed by atoms with Crippen LogP contribution in [-0.4, -0.2) is 11.7 Å². The lowest BCUT2D eigenvalue weighted by Gasteiger charge is -2.61. The molecule has 1 heteroatoms. The zero-order valence-corrected chi connectivity index (χ0v) is 17.1. The van der Waals surface area contributed by atoms with Crippen LogP contribution in [0.3, 0.4) is 0 Å². The van der Waals surface area contributed by atoms with Crippen molar-refractivity contribution in [2.45, 2.75) is 97.8 Å². The lowest BCUT2D eigenvalue weighted by atomic mass is 9.44. The second kappa shape index (κ2) is 6.84. The van der Waals surface area contributed by atoms with E-state index in [-0.39, 0.29) is 0 Å². The molecule has 4 rings (SSSR count). The van der Waals surface area contributed by atoms with Crippen molar-refractivity contribution in [1.29, 1.82) is 0 Å². The van der Waals surface area contributed by atoms with Crippen molar-refractivity contribution in [3.05, 3.63) is 0 Å². The van der Waals surface area contributed by atoms with Crippen LogP contribution in [0.4, 0.5) is 0 Å². The molecule has 0 saturated heterocycles. The van der Waals surface area contributed by atoms with E-state index in [1.807, 2.05) is 0 Å². The van der Waals surface area contributed by atoms with Gasteiger partial charge in [-0.05, 0) is 111 Å². The van der Waals surface area contributed by atoms with Gasteiger partial charge in [-0.1, -0.05) is 33.6 Å². The fourth-order valence-corrected chi connectivity index (χ4v) is 8.88. The SMILES string of the molecule is C[C@H](CCCO)[C@@H]1CC[C@H]2[C@H]3CC[C@H]4CCCC[C@]4(C)[C@@H]3CC[C@@]21C. The highest BCUT2D eigenvalue weighted by Gasteiger charge is 2.59. The molecule has 0 unspecified atom stereocenters. The summed E-state index contributed by atoms with van der Waals surface area (Å²) in [7, 11) is 0. The average molecular weight is 347 g/mol. The van der Waals surface area contributed by atoms with Crippen molar-refractivity contribution in [1.82, 2.24) is 0 Å².